The molecule has 4 heteroatoms. The Labute approximate surface area is 119 Å². The molecule has 0 heterocycles. The number of hydrogen-bond donors (Lipinski definition) is 1. The van der Waals surface area contributed by atoms with E-state index in [1.165, 1.54) is 17.7 Å². The molecule has 3 nitrogen and oxygen atoms in total. The Kier molecular flexibility index (Phi) is 6.68. The molecule has 0 saturated carbocycles. The fourth-order valence-corrected chi connectivity index (χ4v) is 2.41. The van der Waals surface area contributed by atoms with Gasteiger partial charge in [-0.2, -0.15) is 0 Å². The molecule has 1 rings (SSSR count). The molecule has 0 aliphatic heterocycles. The summed E-state index contributed by atoms with van der Waals surface area (Å²) < 4.78 is 1.14. The van der Waals surface area contributed by atoms with Crippen LogP contribution in [0.2, 0.25) is 0 Å². The van der Waals surface area contributed by atoms with Gasteiger partial charge in [-0.05, 0) is 57.9 Å². The minimum Gasteiger partial charge on any atom is -0.374 e. The Balaban J connectivity index is 2.68. The summed E-state index contributed by atoms with van der Waals surface area (Å²) in [6, 6.07) is 6.48. The van der Waals surface area contributed by atoms with Gasteiger partial charge in [0.05, 0.1) is 0 Å². The molecule has 0 amide bonds. The first-order valence-corrected chi connectivity index (χ1v) is 7.12. The average Bonchev–Trinajstić information content (AvgIpc) is 2.29. The molecule has 1 aromatic carbocycles. The first-order valence-electron chi connectivity index (χ1n) is 6.33. The Morgan fingerprint density at radius 2 is 1.89 bits per heavy atom. The molecule has 0 saturated heterocycles. The Morgan fingerprint density at radius 1 is 1.17 bits per heavy atom. The van der Waals surface area contributed by atoms with Crippen LogP contribution in [0, 0.1) is 0 Å². The largest absolute Gasteiger partial charge is 0.374 e. The maximum atomic E-state index is 3.53. The fraction of sp³-hybridized carbons (Fsp3) is 0.571. The molecule has 1 N–H and O–H groups in total. The third kappa shape index (κ3) is 4.96. The Bertz CT molecular complexity index is 366. The predicted molar refractivity (Wildman–Crippen MR) is 83.3 cm³/mol. The quantitative estimate of drug-likeness (QED) is 0.834. The zero-order chi connectivity index (χ0) is 13.5. The van der Waals surface area contributed by atoms with Crippen molar-refractivity contribution in [1.29, 1.82) is 0 Å². The van der Waals surface area contributed by atoms with Gasteiger partial charge >= 0.3 is 0 Å². The molecule has 0 radical (unpaired) electrons. The first kappa shape index (κ1) is 15.5. The zero-order valence-corrected chi connectivity index (χ0v) is 13.4. The summed E-state index contributed by atoms with van der Waals surface area (Å²) in [7, 11) is 8.38. The molecular formula is C14H24BrN3. The van der Waals surface area contributed by atoms with E-state index in [4.69, 9.17) is 0 Å². The number of hydrogen-bond acceptors (Lipinski definition) is 3. The van der Waals surface area contributed by atoms with Crippen LogP contribution in [0.4, 0.5) is 5.69 Å². The number of nitrogens with zero attached hydrogens (tertiary/aromatic N) is 2. The van der Waals surface area contributed by atoms with E-state index in [2.05, 4.69) is 70.4 Å². The highest BCUT2D eigenvalue weighted by molar-refractivity contribution is 9.10. The van der Waals surface area contributed by atoms with Crippen LogP contribution in [0.25, 0.3) is 0 Å². The van der Waals surface area contributed by atoms with Crippen molar-refractivity contribution in [3.8, 4) is 0 Å². The van der Waals surface area contributed by atoms with Gasteiger partial charge in [-0.1, -0.05) is 15.9 Å². The second kappa shape index (κ2) is 7.77. The Morgan fingerprint density at radius 3 is 2.50 bits per heavy atom. The summed E-state index contributed by atoms with van der Waals surface area (Å²) in [4.78, 5) is 4.56. The number of benzene rings is 1. The van der Waals surface area contributed by atoms with E-state index in [1.54, 1.807) is 0 Å². The molecule has 0 spiro atoms. The minimum absolute atomic E-state index is 0.896. The Hall–Kier alpha value is -0.580. The van der Waals surface area contributed by atoms with E-state index in [1.807, 2.05) is 7.05 Å². The second-order valence-electron chi connectivity index (χ2n) is 4.88. The maximum Gasteiger partial charge on any atom is 0.0410 e. The molecule has 0 aliphatic carbocycles. The lowest BCUT2D eigenvalue weighted by molar-refractivity contribution is 0.401. The number of nitrogens with one attached hydrogen (secondary N) is 1. The summed E-state index contributed by atoms with van der Waals surface area (Å²) >= 11 is 3.53. The van der Waals surface area contributed by atoms with Crippen LogP contribution in [0.5, 0.6) is 0 Å². The second-order valence-corrected chi connectivity index (χ2v) is 5.80. The standard InChI is InChI=1S/C14H24BrN3/c1-16-11-12-10-13(15)6-7-14(12)18(4)9-5-8-17(2)3/h6-7,10,16H,5,8-9,11H2,1-4H3. The number of halogens is 1. The van der Waals surface area contributed by atoms with Crippen molar-refractivity contribution < 1.29 is 0 Å². The average molecular weight is 314 g/mol. The smallest absolute Gasteiger partial charge is 0.0410 e. The fourth-order valence-electron chi connectivity index (χ4n) is 2.00. The van der Waals surface area contributed by atoms with Crippen LogP contribution in [0.1, 0.15) is 12.0 Å². The summed E-state index contributed by atoms with van der Waals surface area (Å²) in [6.45, 7) is 3.10. The van der Waals surface area contributed by atoms with Crippen molar-refractivity contribution in [2.45, 2.75) is 13.0 Å². The lowest BCUT2D eigenvalue weighted by atomic mass is 10.1. The number of rotatable bonds is 7. The normalized spacial score (nSPS) is 11.0. The topological polar surface area (TPSA) is 18.5 Å². The molecular weight excluding hydrogens is 290 g/mol. The van der Waals surface area contributed by atoms with Crippen molar-refractivity contribution in [2.75, 3.05) is 46.2 Å². The predicted octanol–water partition coefficient (Wildman–Crippen LogP) is 2.56. The van der Waals surface area contributed by atoms with Crippen molar-refractivity contribution in [1.82, 2.24) is 10.2 Å². The first-order chi connectivity index (χ1) is 8.54. The lowest BCUT2D eigenvalue weighted by Gasteiger charge is -2.23. The zero-order valence-electron chi connectivity index (χ0n) is 11.8. The van der Waals surface area contributed by atoms with Crippen LogP contribution in [-0.2, 0) is 6.54 Å². The summed E-state index contributed by atoms with van der Waals surface area (Å²) in [5.41, 5.74) is 2.64. The van der Waals surface area contributed by atoms with Crippen LogP contribution >= 0.6 is 15.9 Å². The van der Waals surface area contributed by atoms with Crippen LogP contribution < -0.4 is 10.2 Å². The van der Waals surface area contributed by atoms with Gasteiger partial charge in [0.15, 0.2) is 0 Å². The van der Waals surface area contributed by atoms with E-state index >= 15 is 0 Å². The SMILES string of the molecule is CNCc1cc(Br)ccc1N(C)CCCN(C)C. The lowest BCUT2D eigenvalue weighted by Crippen LogP contribution is -2.24. The van der Waals surface area contributed by atoms with Gasteiger partial charge in [-0.15, -0.1) is 0 Å². The van der Waals surface area contributed by atoms with Crippen molar-refractivity contribution >= 4 is 21.6 Å². The summed E-state index contributed by atoms with van der Waals surface area (Å²) in [6.07, 6.45) is 1.18. The summed E-state index contributed by atoms with van der Waals surface area (Å²) in [5, 5.41) is 3.23. The van der Waals surface area contributed by atoms with E-state index in [-0.39, 0.29) is 0 Å². The van der Waals surface area contributed by atoms with Gasteiger partial charge in [0, 0.05) is 30.3 Å². The van der Waals surface area contributed by atoms with Crippen LogP contribution in [0.15, 0.2) is 22.7 Å². The molecule has 18 heavy (non-hydrogen) atoms. The maximum absolute atomic E-state index is 3.53. The van der Waals surface area contributed by atoms with E-state index in [0.717, 1.165) is 24.1 Å². The molecule has 102 valence electrons. The monoisotopic (exact) mass is 313 g/mol. The van der Waals surface area contributed by atoms with E-state index in [9.17, 15) is 0 Å². The molecule has 0 atom stereocenters. The molecule has 0 bridgehead atoms. The van der Waals surface area contributed by atoms with Crippen LogP contribution in [0.3, 0.4) is 0 Å². The molecule has 0 fully saturated rings. The van der Waals surface area contributed by atoms with Gasteiger partial charge in [-0.3, -0.25) is 0 Å². The highest BCUT2D eigenvalue weighted by atomic mass is 79.9. The minimum atomic E-state index is 0.896. The highest BCUT2D eigenvalue weighted by Gasteiger charge is 2.07. The van der Waals surface area contributed by atoms with Gasteiger partial charge in [0.2, 0.25) is 0 Å². The third-order valence-electron chi connectivity index (χ3n) is 2.92. The third-order valence-corrected chi connectivity index (χ3v) is 3.41. The highest BCUT2D eigenvalue weighted by Crippen LogP contribution is 2.24. The molecule has 1 aromatic rings. The van der Waals surface area contributed by atoms with Gasteiger partial charge in [0.1, 0.15) is 0 Å². The molecule has 0 aromatic heterocycles. The number of anilines is 1. The van der Waals surface area contributed by atoms with Gasteiger partial charge in [0.25, 0.3) is 0 Å². The van der Waals surface area contributed by atoms with E-state index in [0.29, 0.717) is 0 Å². The molecule has 0 aliphatic rings. The van der Waals surface area contributed by atoms with Crippen molar-refractivity contribution in [3.05, 3.63) is 28.2 Å². The van der Waals surface area contributed by atoms with Crippen LogP contribution in [-0.4, -0.2) is 46.2 Å². The molecule has 0 unspecified atom stereocenters. The van der Waals surface area contributed by atoms with Gasteiger partial charge < -0.3 is 15.1 Å². The summed E-state index contributed by atoms with van der Waals surface area (Å²) in [5.74, 6) is 0. The van der Waals surface area contributed by atoms with Gasteiger partial charge in [-0.25, -0.2) is 0 Å². The van der Waals surface area contributed by atoms with Crippen molar-refractivity contribution in [3.63, 3.8) is 0 Å². The van der Waals surface area contributed by atoms with E-state index < -0.39 is 0 Å². The van der Waals surface area contributed by atoms with Crippen molar-refractivity contribution in [2.24, 2.45) is 0 Å².